The zero-order valence-electron chi connectivity index (χ0n) is 10.8. The Labute approximate surface area is 129 Å². The summed E-state index contributed by atoms with van der Waals surface area (Å²) in [6.45, 7) is 0.0120. The molecule has 0 aliphatic carbocycles. The van der Waals surface area contributed by atoms with Crippen LogP contribution >= 0.6 is 27.3 Å². The summed E-state index contributed by atoms with van der Waals surface area (Å²) in [5.41, 5.74) is 0.689. The molecule has 0 aliphatic heterocycles. The lowest BCUT2D eigenvalue weighted by atomic mass is 10.3. The molecule has 2 rings (SSSR count). The number of halogens is 1. The third-order valence-corrected chi connectivity index (χ3v) is 4.16. The van der Waals surface area contributed by atoms with E-state index in [-0.39, 0.29) is 18.4 Å². The van der Waals surface area contributed by atoms with E-state index in [4.69, 9.17) is 0 Å². The summed E-state index contributed by atoms with van der Waals surface area (Å²) in [5, 5.41) is 4.60. The molecule has 6 heteroatoms. The molecule has 4 nitrogen and oxygen atoms in total. The van der Waals surface area contributed by atoms with Gasteiger partial charge in [-0.05, 0) is 39.5 Å². The molecule has 0 saturated carbocycles. The molecule has 0 aliphatic rings. The fourth-order valence-corrected chi connectivity index (χ4v) is 2.73. The Kier molecular flexibility index (Phi) is 4.92. The summed E-state index contributed by atoms with van der Waals surface area (Å²) in [4.78, 5) is 26.0. The molecule has 0 atom stereocenters. The van der Waals surface area contributed by atoms with Gasteiger partial charge in [-0.15, -0.1) is 11.3 Å². The molecular weight excluding hydrogens is 340 g/mol. The number of thiophene rings is 1. The standard InChI is InChI=1S/C14H13BrN2O2S/c1-17(14(19)12-7-4-8-20-12)9-13(18)16-11-6-3-2-5-10(11)15/h2-8H,9H2,1H3,(H,16,18). The Morgan fingerprint density at radius 3 is 2.65 bits per heavy atom. The Bertz CT molecular complexity index is 613. The maximum absolute atomic E-state index is 12.0. The Morgan fingerprint density at radius 2 is 2.00 bits per heavy atom. The number of rotatable bonds is 4. The highest BCUT2D eigenvalue weighted by atomic mass is 79.9. The molecular formula is C14H13BrN2O2S. The van der Waals surface area contributed by atoms with E-state index >= 15 is 0 Å². The van der Waals surface area contributed by atoms with E-state index in [1.807, 2.05) is 29.6 Å². The fraction of sp³-hybridized carbons (Fsp3) is 0.143. The molecule has 20 heavy (non-hydrogen) atoms. The summed E-state index contributed by atoms with van der Waals surface area (Å²) >= 11 is 4.72. The van der Waals surface area contributed by atoms with Crippen LogP contribution in [0, 0.1) is 0 Å². The minimum absolute atomic E-state index is 0.0120. The first-order valence-corrected chi connectivity index (χ1v) is 7.58. The number of hydrogen-bond acceptors (Lipinski definition) is 3. The quantitative estimate of drug-likeness (QED) is 0.918. The first-order valence-electron chi connectivity index (χ1n) is 5.91. The molecule has 0 unspecified atom stereocenters. The molecule has 0 saturated heterocycles. The van der Waals surface area contributed by atoms with Crippen molar-refractivity contribution >= 4 is 44.8 Å². The number of carbonyl (C=O) groups is 2. The zero-order valence-corrected chi connectivity index (χ0v) is 13.2. The molecule has 2 aromatic rings. The van der Waals surface area contributed by atoms with E-state index < -0.39 is 0 Å². The van der Waals surface area contributed by atoms with E-state index in [1.54, 1.807) is 19.2 Å². The van der Waals surface area contributed by atoms with Crippen LogP contribution in [0.25, 0.3) is 0 Å². The zero-order chi connectivity index (χ0) is 14.5. The molecule has 1 N–H and O–H groups in total. The predicted octanol–water partition coefficient (Wildman–Crippen LogP) is 3.22. The van der Waals surface area contributed by atoms with Gasteiger partial charge in [-0.2, -0.15) is 0 Å². The lowest BCUT2D eigenvalue weighted by Crippen LogP contribution is -2.34. The van der Waals surface area contributed by atoms with E-state index in [9.17, 15) is 9.59 Å². The second-order valence-electron chi connectivity index (χ2n) is 4.17. The molecule has 1 aromatic heterocycles. The largest absolute Gasteiger partial charge is 0.332 e. The van der Waals surface area contributed by atoms with Gasteiger partial charge in [0, 0.05) is 11.5 Å². The maximum Gasteiger partial charge on any atom is 0.264 e. The molecule has 104 valence electrons. The van der Waals surface area contributed by atoms with Crippen molar-refractivity contribution < 1.29 is 9.59 Å². The lowest BCUT2D eigenvalue weighted by Gasteiger charge is -2.16. The van der Waals surface area contributed by atoms with Gasteiger partial charge >= 0.3 is 0 Å². The van der Waals surface area contributed by atoms with Crippen molar-refractivity contribution in [2.75, 3.05) is 18.9 Å². The number of benzene rings is 1. The van der Waals surface area contributed by atoms with Crippen molar-refractivity contribution in [3.63, 3.8) is 0 Å². The number of likely N-dealkylation sites (N-methyl/N-ethyl adjacent to an activating group) is 1. The SMILES string of the molecule is CN(CC(=O)Nc1ccccc1Br)C(=O)c1cccs1. The highest BCUT2D eigenvalue weighted by Gasteiger charge is 2.16. The molecule has 0 radical (unpaired) electrons. The summed E-state index contributed by atoms with van der Waals surface area (Å²) in [6.07, 6.45) is 0. The van der Waals surface area contributed by atoms with Crippen LogP contribution in [0.2, 0.25) is 0 Å². The second kappa shape index (κ2) is 6.67. The smallest absolute Gasteiger partial charge is 0.264 e. The van der Waals surface area contributed by atoms with Crippen LogP contribution in [-0.4, -0.2) is 30.3 Å². The van der Waals surface area contributed by atoms with Crippen LogP contribution in [0.4, 0.5) is 5.69 Å². The van der Waals surface area contributed by atoms with Gasteiger partial charge in [-0.3, -0.25) is 9.59 Å². The number of amides is 2. The molecule has 0 spiro atoms. The van der Waals surface area contributed by atoms with Crippen LogP contribution in [0.1, 0.15) is 9.67 Å². The minimum Gasteiger partial charge on any atom is -0.332 e. The number of nitrogens with zero attached hydrogens (tertiary/aromatic N) is 1. The Balaban J connectivity index is 1.95. The van der Waals surface area contributed by atoms with Crippen LogP contribution < -0.4 is 5.32 Å². The average Bonchev–Trinajstić information content (AvgIpc) is 2.94. The van der Waals surface area contributed by atoms with E-state index in [0.717, 1.165) is 4.47 Å². The minimum atomic E-state index is -0.232. The van der Waals surface area contributed by atoms with Crippen molar-refractivity contribution in [3.05, 3.63) is 51.1 Å². The summed E-state index contributed by atoms with van der Waals surface area (Å²) in [5.74, 6) is -0.383. The molecule has 2 amide bonds. The third-order valence-electron chi connectivity index (χ3n) is 2.61. The average molecular weight is 353 g/mol. The van der Waals surface area contributed by atoms with Crippen molar-refractivity contribution in [2.24, 2.45) is 0 Å². The van der Waals surface area contributed by atoms with E-state index in [0.29, 0.717) is 10.6 Å². The lowest BCUT2D eigenvalue weighted by molar-refractivity contribution is -0.116. The van der Waals surface area contributed by atoms with Gasteiger partial charge in [-0.1, -0.05) is 18.2 Å². The van der Waals surface area contributed by atoms with Crippen molar-refractivity contribution in [1.29, 1.82) is 0 Å². The van der Waals surface area contributed by atoms with Gasteiger partial charge in [0.05, 0.1) is 17.1 Å². The summed E-state index contributed by atoms with van der Waals surface area (Å²) in [6, 6.07) is 10.9. The van der Waals surface area contributed by atoms with Crippen LogP contribution in [0.15, 0.2) is 46.3 Å². The van der Waals surface area contributed by atoms with Gasteiger partial charge in [0.25, 0.3) is 5.91 Å². The van der Waals surface area contributed by atoms with Gasteiger partial charge in [0.2, 0.25) is 5.91 Å². The van der Waals surface area contributed by atoms with Gasteiger partial charge in [0.1, 0.15) is 0 Å². The fourth-order valence-electron chi connectivity index (χ4n) is 1.63. The maximum atomic E-state index is 12.0. The number of anilines is 1. The van der Waals surface area contributed by atoms with Gasteiger partial charge in [-0.25, -0.2) is 0 Å². The highest BCUT2D eigenvalue weighted by molar-refractivity contribution is 9.10. The van der Waals surface area contributed by atoms with Crippen molar-refractivity contribution in [2.45, 2.75) is 0 Å². The predicted molar refractivity (Wildman–Crippen MR) is 84.1 cm³/mol. The van der Waals surface area contributed by atoms with Crippen molar-refractivity contribution in [1.82, 2.24) is 4.90 Å². The number of nitrogens with one attached hydrogen (secondary N) is 1. The first-order chi connectivity index (χ1) is 9.58. The Morgan fingerprint density at radius 1 is 1.25 bits per heavy atom. The topological polar surface area (TPSA) is 49.4 Å². The third kappa shape index (κ3) is 3.68. The number of hydrogen-bond donors (Lipinski definition) is 1. The Hall–Kier alpha value is -1.66. The summed E-state index contributed by atoms with van der Waals surface area (Å²) < 4.78 is 0.806. The number of para-hydroxylation sites is 1. The van der Waals surface area contributed by atoms with Crippen LogP contribution in [-0.2, 0) is 4.79 Å². The first kappa shape index (κ1) is 14.7. The normalized spacial score (nSPS) is 10.1. The highest BCUT2D eigenvalue weighted by Crippen LogP contribution is 2.21. The summed E-state index contributed by atoms with van der Waals surface area (Å²) in [7, 11) is 1.61. The molecule has 0 bridgehead atoms. The second-order valence-corrected chi connectivity index (χ2v) is 5.97. The van der Waals surface area contributed by atoms with E-state index in [1.165, 1.54) is 16.2 Å². The molecule has 1 heterocycles. The molecule has 0 fully saturated rings. The van der Waals surface area contributed by atoms with Crippen LogP contribution in [0.3, 0.4) is 0 Å². The van der Waals surface area contributed by atoms with Gasteiger partial charge < -0.3 is 10.2 Å². The van der Waals surface area contributed by atoms with Gasteiger partial charge in [0.15, 0.2) is 0 Å². The number of carbonyl (C=O) groups excluding carboxylic acids is 2. The monoisotopic (exact) mass is 352 g/mol. The van der Waals surface area contributed by atoms with E-state index in [2.05, 4.69) is 21.2 Å². The van der Waals surface area contributed by atoms with Crippen LogP contribution in [0.5, 0.6) is 0 Å². The van der Waals surface area contributed by atoms with Crippen molar-refractivity contribution in [3.8, 4) is 0 Å². The molecule has 1 aromatic carbocycles.